The molecule has 0 radical (unpaired) electrons. The van der Waals surface area contributed by atoms with Crippen LogP contribution in [0.25, 0.3) is 0 Å². The Morgan fingerprint density at radius 2 is 2.27 bits per heavy atom. The van der Waals surface area contributed by atoms with Gasteiger partial charge in [0.1, 0.15) is 0 Å². The average Bonchev–Trinajstić information content (AvgIpc) is 2.75. The van der Waals surface area contributed by atoms with Gasteiger partial charge in [-0.25, -0.2) is 9.78 Å². The number of aromatic nitrogens is 2. The number of carboxylic acid groups (broad SMARTS) is 1. The summed E-state index contributed by atoms with van der Waals surface area (Å²) in [5.74, 6) is -0.787. The van der Waals surface area contributed by atoms with E-state index in [2.05, 4.69) is 11.9 Å². The number of nitrogens with zero attached hydrogens (tertiary/aromatic N) is 2. The third-order valence-corrected chi connectivity index (χ3v) is 3.27. The molecule has 1 N–H and O–H groups in total. The third kappa shape index (κ3) is 2.03. The maximum absolute atomic E-state index is 10.9. The number of carboxylic acids is 1. The van der Waals surface area contributed by atoms with Gasteiger partial charge in [-0.15, -0.1) is 0 Å². The van der Waals surface area contributed by atoms with Gasteiger partial charge in [-0.3, -0.25) is 0 Å². The zero-order valence-electron chi connectivity index (χ0n) is 8.94. The quantitative estimate of drug-likeness (QED) is 0.828. The topological polar surface area (TPSA) is 55.1 Å². The van der Waals surface area contributed by atoms with Crippen molar-refractivity contribution in [3.8, 4) is 0 Å². The summed E-state index contributed by atoms with van der Waals surface area (Å²) in [6.07, 6.45) is 8.20. The minimum absolute atomic E-state index is 0.156. The molecule has 1 aliphatic carbocycles. The van der Waals surface area contributed by atoms with E-state index in [9.17, 15) is 4.79 Å². The van der Waals surface area contributed by atoms with E-state index in [1.807, 2.05) is 0 Å². The van der Waals surface area contributed by atoms with E-state index in [1.54, 1.807) is 17.0 Å². The van der Waals surface area contributed by atoms with Crippen LogP contribution in [0, 0.1) is 5.41 Å². The average molecular weight is 208 g/mol. The molecule has 0 atom stereocenters. The van der Waals surface area contributed by atoms with Crippen molar-refractivity contribution in [3.05, 3.63) is 18.2 Å². The molecular weight excluding hydrogens is 192 g/mol. The lowest BCUT2D eigenvalue weighted by Gasteiger charge is -2.24. The number of rotatable bonds is 3. The Hall–Kier alpha value is -1.32. The molecule has 0 bridgehead atoms. The van der Waals surface area contributed by atoms with Crippen molar-refractivity contribution in [1.82, 2.24) is 9.55 Å². The first-order valence-electron chi connectivity index (χ1n) is 5.35. The lowest BCUT2D eigenvalue weighted by molar-refractivity contribution is 0.0674. The van der Waals surface area contributed by atoms with Gasteiger partial charge in [-0.1, -0.05) is 19.8 Å². The van der Waals surface area contributed by atoms with Crippen LogP contribution < -0.4 is 0 Å². The molecule has 0 aliphatic heterocycles. The largest absolute Gasteiger partial charge is 0.475 e. The van der Waals surface area contributed by atoms with Crippen molar-refractivity contribution in [3.63, 3.8) is 0 Å². The van der Waals surface area contributed by atoms with Crippen molar-refractivity contribution in [2.45, 2.75) is 39.2 Å². The number of hydrogen-bond donors (Lipinski definition) is 1. The van der Waals surface area contributed by atoms with Gasteiger partial charge in [-0.05, 0) is 18.3 Å². The molecule has 1 aromatic rings. The Balaban J connectivity index is 2.16. The van der Waals surface area contributed by atoms with Crippen LogP contribution in [0.4, 0.5) is 0 Å². The lowest BCUT2D eigenvalue weighted by Crippen LogP contribution is -2.22. The Morgan fingerprint density at radius 3 is 2.87 bits per heavy atom. The number of carbonyl (C=O) groups is 1. The first kappa shape index (κ1) is 10.2. The van der Waals surface area contributed by atoms with Crippen molar-refractivity contribution in [1.29, 1.82) is 0 Å². The predicted octanol–water partition coefficient (Wildman–Crippen LogP) is 2.16. The molecular formula is C11H16N2O2. The van der Waals surface area contributed by atoms with Gasteiger partial charge in [0.15, 0.2) is 0 Å². The summed E-state index contributed by atoms with van der Waals surface area (Å²) in [6, 6.07) is 0. The van der Waals surface area contributed by atoms with Crippen LogP contribution in [-0.4, -0.2) is 20.6 Å². The summed E-state index contributed by atoms with van der Waals surface area (Å²) < 4.78 is 1.76. The summed E-state index contributed by atoms with van der Waals surface area (Å²) in [6.45, 7) is 3.00. The Morgan fingerprint density at radius 1 is 1.60 bits per heavy atom. The van der Waals surface area contributed by atoms with Gasteiger partial charge >= 0.3 is 5.97 Å². The molecule has 0 unspecified atom stereocenters. The zero-order chi connectivity index (χ0) is 10.9. The molecule has 4 nitrogen and oxygen atoms in total. The van der Waals surface area contributed by atoms with Crippen molar-refractivity contribution in [2.24, 2.45) is 5.41 Å². The summed E-state index contributed by atoms with van der Waals surface area (Å²) in [5, 5.41) is 8.93. The monoisotopic (exact) mass is 208 g/mol. The summed E-state index contributed by atoms with van der Waals surface area (Å²) in [7, 11) is 0. The minimum atomic E-state index is -0.943. The van der Waals surface area contributed by atoms with Crippen molar-refractivity contribution < 1.29 is 9.90 Å². The van der Waals surface area contributed by atoms with Crippen LogP contribution in [-0.2, 0) is 6.54 Å². The van der Waals surface area contributed by atoms with Crippen LogP contribution >= 0.6 is 0 Å². The van der Waals surface area contributed by atoms with Crippen LogP contribution in [0.2, 0.25) is 0 Å². The Labute approximate surface area is 88.9 Å². The van der Waals surface area contributed by atoms with Crippen LogP contribution in [0.15, 0.2) is 12.4 Å². The fourth-order valence-electron chi connectivity index (χ4n) is 2.43. The fourth-order valence-corrected chi connectivity index (χ4v) is 2.43. The van der Waals surface area contributed by atoms with E-state index < -0.39 is 5.97 Å². The van der Waals surface area contributed by atoms with Crippen LogP contribution in [0.3, 0.4) is 0 Å². The maximum Gasteiger partial charge on any atom is 0.372 e. The third-order valence-electron chi connectivity index (χ3n) is 3.27. The van der Waals surface area contributed by atoms with E-state index >= 15 is 0 Å². The van der Waals surface area contributed by atoms with Crippen molar-refractivity contribution in [2.75, 3.05) is 0 Å². The maximum atomic E-state index is 10.9. The molecule has 1 aliphatic rings. The minimum Gasteiger partial charge on any atom is -0.475 e. The molecule has 1 fully saturated rings. The molecule has 82 valence electrons. The van der Waals surface area contributed by atoms with Gasteiger partial charge in [0.25, 0.3) is 0 Å². The number of hydrogen-bond acceptors (Lipinski definition) is 2. The van der Waals surface area contributed by atoms with E-state index in [0.29, 0.717) is 0 Å². The smallest absolute Gasteiger partial charge is 0.372 e. The van der Waals surface area contributed by atoms with Gasteiger partial charge < -0.3 is 9.67 Å². The molecule has 1 heterocycles. The molecule has 4 heteroatoms. The second kappa shape index (κ2) is 3.68. The molecule has 0 saturated heterocycles. The highest BCUT2D eigenvalue weighted by Gasteiger charge is 2.30. The SMILES string of the molecule is CC1(Cn2ccnc2C(=O)O)CCCC1. The molecule has 15 heavy (non-hydrogen) atoms. The van der Waals surface area contributed by atoms with E-state index in [-0.39, 0.29) is 11.2 Å². The second-order valence-corrected chi connectivity index (χ2v) is 4.70. The number of aromatic carboxylic acids is 1. The Kier molecular flexibility index (Phi) is 2.50. The normalized spacial score (nSPS) is 19.3. The molecule has 0 aromatic carbocycles. The molecule has 0 amide bonds. The summed E-state index contributed by atoms with van der Waals surface area (Å²) >= 11 is 0. The van der Waals surface area contributed by atoms with Gasteiger partial charge in [0, 0.05) is 18.9 Å². The first-order chi connectivity index (χ1) is 7.11. The van der Waals surface area contributed by atoms with Gasteiger partial charge in [-0.2, -0.15) is 0 Å². The molecule has 2 rings (SSSR count). The molecule has 0 spiro atoms. The van der Waals surface area contributed by atoms with Crippen LogP contribution in [0.5, 0.6) is 0 Å². The highest BCUT2D eigenvalue weighted by molar-refractivity contribution is 5.83. The van der Waals surface area contributed by atoms with E-state index in [1.165, 1.54) is 25.7 Å². The first-order valence-corrected chi connectivity index (χ1v) is 5.35. The summed E-state index contributed by atoms with van der Waals surface area (Å²) in [5.41, 5.74) is 0.255. The fraction of sp³-hybridized carbons (Fsp3) is 0.636. The second-order valence-electron chi connectivity index (χ2n) is 4.70. The van der Waals surface area contributed by atoms with Crippen molar-refractivity contribution >= 4 is 5.97 Å². The lowest BCUT2D eigenvalue weighted by atomic mass is 9.89. The number of imidazole rings is 1. The van der Waals surface area contributed by atoms with Crippen LogP contribution in [0.1, 0.15) is 43.2 Å². The van der Waals surface area contributed by atoms with E-state index in [0.717, 1.165) is 6.54 Å². The highest BCUT2D eigenvalue weighted by atomic mass is 16.4. The highest BCUT2D eigenvalue weighted by Crippen LogP contribution is 2.39. The summed E-state index contributed by atoms with van der Waals surface area (Å²) in [4.78, 5) is 14.7. The zero-order valence-corrected chi connectivity index (χ0v) is 8.94. The molecule has 1 aromatic heterocycles. The molecule has 1 saturated carbocycles. The Bertz CT molecular complexity index is 364. The van der Waals surface area contributed by atoms with E-state index in [4.69, 9.17) is 5.11 Å². The van der Waals surface area contributed by atoms with Gasteiger partial charge in [0.2, 0.25) is 5.82 Å². The standard InChI is InChI=1S/C11H16N2O2/c1-11(4-2-3-5-11)8-13-7-6-12-9(13)10(14)15/h6-7H,2-5,8H2,1H3,(H,14,15). The van der Waals surface area contributed by atoms with Gasteiger partial charge in [0.05, 0.1) is 0 Å². The predicted molar refractivity (Wildman–Crippen MR) is 55.8 cm³/mol.